The lowest BCUT2D eigenvalue weighted by Crippen LogP contribution is -2.43. The monoisotopic (exact) mass is 277 g/mol. The molecular weight excluding hydrogens is 254 g/mol. The molecule has 0 spiro atoms. The molecule has 1 aromatic heterocycles. The van der Waals surface area contributed by atoms with Gasteiger partial charge in [-0.05, 0) is 38.4 Å². The highest BCUT2D eigenvalue weighted by Crippen LogP contribution is 2.13. The fourth-order valence-electron chi connectivity index (χ4n) is 2.67. The number of amides is 1. The fraction of sp³-hybridized carbons (Fsp3) is 0.600. The van der Waals surface area contributed by atoms with E-state index in [1.807, 2.05) is 0 Å². The molecule has 20 heavy (non-hydrogen) atoms. The molecule has 5 heteroatoms. The highest BCUT2D eigenvalue weighted by molar-refractivity contribution is 5.75. The molecule has 2 heterocycles. The van der Waals surface area contributed by atoms with Crippen molar-refractivity contribution in [2.45, 2.75) is 38.8 Å². The van der Waals surface area contributed by atoms with Gasteiger partial charge in [0.1, 0.15) is 6.54 Å². The van der Waals surface area contributed by atoms with Gasteiger partial charge in [0.2, 0.25) is 5.91 Å². The minimum absolute atomic E-state index is 0.0934. The van der Waals surface area contributed by atoms with Gasteiger partial charge < -0.3 is 9.88 Å². The first-order chi connectivity index (χ1) is 9.70. The van der Waals surface area contributed by atoms with E-state index in [1.165, 1.54) is 23.5 Å². The Morgan fingerprint density at radius 2 is 2.10 bits per heavy atom. The molecule has 2 rings (SSSR count). The molecule has 0 radical (unpaired) electrons. The van der Waals surface area contributed by atoms with Gasteiger partial charge in [0.15, 0.2) is 0 Å². The van der Waals surface area contributed by atoms with Gasteiger partial charge in [-0.1, -0.05) is 13.0 Å². The maximum atomic E-state index is 11.9. The second-order valence-corrected chi connectivity index (χ2v) is 5.28. The summed E-state index contributed by atoms with van der Waals surface area (Å²) in [5.74, 6) is -0.101. The third-order valence-corrected chi connectivity index (χ3v) is 3.88. The summed E-state index contributed by atoms with van der Waals surface area (Å²) in [4.78, 5) is 25.9. The summed E-state index contributed by atoms with van der Waals surface area (Å²) in [6.45, 7) is 5.17. The Morgan fingerprint density at radius 3 is 2.75 bits per heavy atom. The van der Waals surface area contributed by atoms with E-state index in [1.54, 1.807) is 18.3 Å². The number of carbonyl (C=O) groups is 1. The van der Waals surface area contributed by atoms with Crippen LogP contribution in [0.15, 0.2) is 29.2 Å². The second-order valence-electron chi connectivity index (χ2n) is 5.28. The fourth-order valence-corrected chi connectivity index (χ4v) is 2.67. The van der Waals surface area contributed by atoms with Crippen LogP contribution in [0.3, 0.4) is 0 Å². The number of rotatable bonds is 6. The molecule has 1 N–H and O–H groups in total. The summed E-state index contributed by atoms with van der Waals surface area (Å²) < 4.78 is 1.42. The van der Waals surface area contributed by atoms with Crippen molar-refractivity contribution < 1.29 is 4.79 Å². The largest absolute Gasteiger partial charge is 0.353 e. The number of hydrogen-bond acceptors (Lipinski definition) is 3. The molecule has 1 atom stereocenters. The third kappa shape index (κ3) is 3.93. The number of hydrogen-bond donors (Lipinski definition) is 1. The van der Waals surface area contributed by atoms with Crippen molar-refractivity contribution >= 4 is 5.91 Å². The predicted molar refractivity (Wildman–Crippen MR) is 78.6 cm³/mol. The Kier molecular flexibility index (Phi) is 5.35. The summed E-state index contributed by atoms with van der Waals surface area (Å²) in [6, 6.07) is 5.31. The lowest BCUT2D eigenvalue weighted by molar-refractivity contribution is -0.121. The van der Waals surface area contributed by atoms with Crippen LogP contribution in [0.1, 0.15) is 26.2 Å². The average Bonchev–Trinajstić information content (AvgIpc) is 2.96. The number of likely N-dealkylation sites (tertiary alicyclic amines) is 1. The molecule has 0 bridgehead atoms. The van der Waals surface area contributed by atoms with E-state index in [9.17, 15) is 9.59 Å². The Balaban J connectivity index is 1.82. The van der Waals surface area contributed by atoms with Gasteiger partial charge in [-0.25, -0.2) is 0 Å². The van der Waals surface area contributed by atoms with Crippen molar-refractivity contribution in [3.63, 3.8) is 0 Å². The minimum atomic E-state index is -0.144. The lowest BCUT2D eigenvalue weighted by atomic mass is 10.2. The average molecular weight is 277 g/mol. The van der Waals surface area contributed by atoms with Gasteiger partial charge in [-0.3, -0.25) is 14.5 Å². The molecule has 1 aliphatic heterocycles. The van der Waals surface area contributed by atoms with Crippen LogP contribution in [0.4, 0.5) is 0 Å². The zero-order chi connectivity index (χ0) is 14.4. The minimum Gasteiger partial charge on any atom is -0.353 e. The Bertz CT molecular complexity index is 492. The molecule has 0 unspecified atom stereocenters. The van der Waals surface area contributed by atoms with Crippen molar-refractivity contribution in [3.05, 3.63) is 34.7 Å². The van der Waals surface area contributed by atoms with Crippen molar-refractivity contribution in [2.75, 3.05) is 19.6 Å². The molecule has 0 aromatic carbocycles. The second kappa shape index (κ2) is 7.24. The molecule has 5 nitrogen and oxygen atoms in total. The normalized spacial score (nSPS) is 17.1. The number of nitrogens with zero attached hydrogens (tertiary/aromatic N) is 2. The zero-order valence-corrected chi connectivity index (χ0v) is 12.0. The molecule has 0 saturated carbocycles. The molecule has 1 saturated heterocycles. The first kappa shape index (κ1) is 14.8. The van der Waals surface area contributed by atoms with Gasteiger partial charge in [0.05, 0.1) is 0 Å². The van der Waals surface area contributed by atoms with Gasteiger partial charge in [-0.2, -0.15) is 0 Å². The molecule has 1 aromatic rings. The van der Waals surface area contributed by atoms with Crippen molar-refractivity contribution in [2.24, 2.45) is 0 Å². The first-order valence-corrected chi connectivity index (χ1v) is 7.37. The van der Waals surface area contributed by atoms with Crippen LogP contribution in [0.5, 0.6) is 0 Å². The summed E-state index contributed by atoms with van der Waals surface area (Å²) in [7, 11) is 0. The van der Waals surface area contributed by atoms with E-state index in [4.69, 9.17) is 0 Å². The Hall–Kier alpha value is -1.62. The summed E-state index contributed by atoms with van der Waals surface area (Å²) in [5, 5.41) is 2.95. The maximum absolute atomic E-state index is 11.9. The van der Waals surface area contributed by atoms with Crippen LogP contribution in [-0.4, -0.2) is 41.1 Å². The van der Waals surface area contributed by atoms with E-state index >= 15 is 0 Å². The van der Waals surface area contributed by atoms with Crippen LogP contribution < -0.4 is 10.9 Å². The van der Waals surface area contributed by atoms with E-state index < -0.39 is 0 Å². The quantitative estimate of drug-likeness (QED) is 0.838. The number of aromatic nitrogens is 1. The van der Waals surface area contributed by atoms with Crippen LogP contribution >= 0.6 is 0 Å². The van der Waals surface area contributed by atoms with Crippen LogP contribution in [0.25, 0.3) is 0 Å². The first-order valence-electron chi connectivity index (χ1n) is 7.37. The van der Waals surface area contributed by atoms with Crippen molar-refractivity contribution in [3.8, 4) is 0 Å². The van der Waals surface area contributed by atoms with Crippen molar-refractivity contribution in [1.29, 1.82) is 0 Å². The van der Waals surface area contributed by atoms with Gasteiger partial charge >= 0.3 is 0 Å². The standard InChI is InChI=1S/C15H23N3O2/c1-2-13(17-8-5-6-9-17)11-16-14(19)12-18-10-4-3-7-15(18)20/h3-4,7,10,13H,2,5-6,8-9,11-12H2,1H3,(H,16,19)/t13-/m1/s1. The summed E-state index contributed by atoms with van der Waals surface area (Å²) >= 11 is 0. The number of carbonyl (C=O) groups excluding carboxylic acids is 1. The number of nitrogens with one attached hydrogen (secondary N) is 1. The maximum Gasteiger partial charge on any atom is 0.250 e. The Labute approximate surface area is 119 Å². The van der Waals surface area contributed by atoms with E-state index in [2.05, 4.69) is 17.1 Å². The molecule has 1 amide bonds. The van der Waals surface area contributed by atoms with E-state index in [0.717, 1.165) is 19.5 Å². The molecule has 110 valence electrons. The third-order valence-electron chi connectivity index (χ3n) is 3.88. The van der Waals surface area contributed by atoms with E-state index in [0.29, 0.717) is 12.6 Å². The van der Waals surface area contributed by atoms with Gasteiger partial charge in [0.25, 0.3) is 5.56 Å². The molecule has 0 aliphatic carbocycles. The van der Waals surface area contributed by atoms with Gasteiger partial charge in [-0.15, -0.1) is 0 Å². The van der Waals surface area contributed by atoms with Crippen LogP contribution in [0.2, 0.25) is 0 Å². The molecular formula is C15H23N3O2. The van der Waals surface area contributed by atoms with Crippen LogP contribution in [0, 0.1) is 0 Å². The SMILES string of the molecule is CC[C@H](CNC(=O)Cn1ccccc1=O)N1CCCC1. The summed E-state index contributed by atoms with van der Waals surface area (Å²) in [6.07, 6.45) is 5.18. The lowest BCUT2D eigenvalue weighted by Gasteiger charge is -2.26. The van der Waals surface area contributed by atoms with Gasteiger partial charge in [0, 0.05) is 24.8 Å². The zero-order valence-electron chi connectivity index (χ0n) is 12.0. The molecule has 1 aliphatic rings. The predicted octanol–water partition coefficient (Wildman–Crippen LogP) is 0.839. The van der Waals surface area contributed by atoms with Crippen molar-refractivity contribution in [1.82, 2.24) is 14.8 Å². The Morgan fingerprint density at radius 1 is 1.35 bits per heavy atom. The van der Waals surface area contributed by atoms with Crippen LogP contribution in [-0.2, 0) is 11.3 Å². The highest BCUT2D eigenvalue weighted by Gasteiger charge is 2.20. The number of pyridine rings is 1. The smallest absolute Gasteiger partial charge is 0.250 e. The topological polar surface area (TPSA) is 54.3 Å². The summed E-state index contributed by atoms with van der Waals surface area (Å²) in [5.41, 5.74) is -0.144. The van der Waals surface area contributed by atoms with E-state index in [-0.39, 0.29) is 18.0 Å². The highest BCUT2D eigenvalue weighted by atomic mass is 16.2. The molecule has 1 fully saturated rings.